The second-order valence-corrected chi connectivity index (χ2v) is 11.4. The van der Waals surface area contributed by atoms with E-state index in [9.17, 15) is 13.2 Å². The molecule has 176 valence electrons. The summed E-state index contributed by atoms with van der Waals surface area (Å²) in [7, 11) is -1.96. The van der Waals surface area contributed by atoms with Crippen molar-refractivity contribution in [1.82, 2.24) is 4.90 Å². The van der Waals surface area contributed by atoms with Gasteiger partial charge in [-0.2, -0.15) is 8.42 Å². The highest BCUT2D eigenvalue weighted by Crippen LogP contribution is 2.46. The van der Waals surface area contributed by atoms with Crippen LogP contribution < -0.4 is 4.90 Å². The molecule has 2 heterocycles. The van der Waals surface area contributed by atoms with Crippen LogP contribution in [0.25, 0.3) is 0 Å². The molecule has 1 saturated heterocycles. The molecular formula is C26H27N3O3S2. The standard InChI is InChI=1S/C26H27N3O3S2/c1-6-17-29-24(30)22(33-25(29)27-34(31,32)19-13-11-18(2)12-14-19)15-16-23-26(3,4)20-9-7-8-10-21(20)28(23)5/h6-16H,1,17H2,2-5H3/b22-15-,23-16+,27-25-. The Morgan fingerprint density at radius 3 is 2.41 bits per heavy atom. The van der Waals surface area contributed by atoms with Crippen LogP contribution in [0.5, 0.6) is 0 Å². The molecule has 2 aromatic carbocycles. The van der Waals surface area contributed by atoms with E-state index >= 15 is 0 Å². The largest absolute Gasteiger partial charge is 0.347 e. The lowest BCUT2D eigenvalue weighted by molar-refractivity contribution is -0.121. The van der Waals surface area contributed by atoms with Crippen LogP contribution in [0.4, 0.5) is 5.69 Å². The Morgan fingerprint density at radius 2 is 1.76 bits per heavy atom. The highest BCUT2D eigenvalue weighted by Gasteiger charge is 2.38. The Morgan fingerprint density at radius 1 is 1.09 bits per heavy atom. The molecule has 1 amide bonds. The predicted molar refractivity (Wildman–Crippen MR) is 139 cm³/mol. The van der Waals surface area contributed by atoms with E-state index in [-0.39, 0.29) is 27.9 Å². The van der Waals surface area contributed by atoms with Gasteiger partial charge in [-0.3, -0.25) is 9.69 Å². The summed E-state index contributed by atoms with van der Waals surface area (Å²) >= 11 is 1.06. The molecule has 2 aliphatic rings. The van der Waals surface area contributed by atoms with Gasteiger partial charge in [0.2, 0.25) is 0 Å². The fourth-order valence-electron chi connectivity index (χ4n) is 4.20. The van der Waals surface area contributed by atoms with Crippen molar-refractivity contribution in [3.63, 3.8) is 0 Å². The van der Waals surface area contributed by atoms with Gasteiger partial charge in [-0.25, -0.2) is 0 Å². The summed E-state index contributed by atoms with van der Waals surface area (Å²) in [5, 5.41) is 0.123. The van der Waals surface area contributed by atoms with Gasteiger partial charge in [0, 0.05) is 30.4 Å². The number of allylic oxidation sites excluding steroid dienone is 3. The molecule has 2 aromatic rings. The maximum atomic E-state index is 13.1. The fraction of sp³-hybridized carbons (Fsp3) is 0.231. The highest BCUT2D eigenvalue weighted by atomic mass is 32.2. The summed E-state index contributed by atoms with van der Waals surface area (Å²) in [6.07, 6.45) is 5.24. The number of hydrogen-bond donors (Lipinski definition) is 0. The second kappa shape index (κ2) is 8.92. The zero-order chi connectivity index (χ0) is 24.7. The first-order chi connectivity index (χ1) is 16.1. The summed E-state index contributed by atoms with van der Waals surface area (Å²) in [5.41, 5.74) is 4.10. The number of fused-ring (bicyclic) bond motifs is 1. The molecule has 1 fully saturated rings. The number of benzene rings is 2. The van der Waals surface area contributed by atoms with Gasteiger partial charge in [-0.05, 0) is 54.6 Å². The third-order valence-corrected chi connectivity index (χ3v) is 8.47. The van der Waals surface area contributed by atoms with Crippen molar-refractivity contribution < 1.29 is 13.2 Å². The van der Waals surface area contributed by atoms with Crippen LogP contribution in [-0.2, 0) is 20.2 Å². The number of sulfonamides is 1. The molecule has 0 unspecified atom stereocenters. The summed E-state index contributed by atoms with van der Waals surface area (Å²) in [6, 6.07) is 14.7. The lowest BCUT2D eigenvalue weighted by atomic mass is 9.84. The molecular weight excluding hydrogens is 466 g/mol. The fourth-order valence-corrected chi connectivity index (χ4v) is 6.33. The van der Waals surface area contributed by atoms with Gasteiger partial charge in [0.25, 0.3) is 15.9 Å². The third kappa shape index (κ3) is 4.23. The number of amides is 1. The summed E-state index contributed by atoms with van der Waals surface area (Å²) in [6.45, 7) is 10.0. The number of nitrogens with zero attached hydrogens (tertiary/aromatic N) is 3. The molecule has 34 heavy (non-hydrogen) atoms. The van der Waals surface area contributed by atoms with E-state index in [1.54, 1.807) is 24.3 Å². The summed E-state index contributed by atoms with van der Waals surface area (Å²) < 4.78 is 29.8. The van der Waals surface area contributed by atoms with Crippen LogP contribution in [-0.4, -0.2) is 38.0 Å². The molecule has 6 nitrogen and oxygen atoms in total. The Bertz CT molecular complexity index is 1350. The second-order valence-electron chi connectivity index (χ2n) is 8.75. The Hall–Kier alpha value is -3.10. The van der Waals surface area contributed by atoms with Crippen LogP contribution >= 0.6 is 11.8 Å². The lowest BCUT2D eigenvalue weighted by Gasteiger charge is -2.23. The maximum absolute atomic E-state index is 13.1. The van der Waals surface area contributed by atoms with Gasteiger partial charge in [0.1, 0.15) is 0 Å². The smallest absolute Gasteiger partial charge is 0.284 e. The molecule has 0 bridgehead atoms. The first-order valence-corrected chi connectivity index (χ1v) is 13.1. The van der Waals surface area contributed by atoms with Crippen molar-refractivity contribution >= 4 is 38.5 Å². The monoisotopic (exact) mass is 493 g/mol. The minimum atomic E-state index is -3.96. The minimum absolute atomic E-state index is 0.0869. The van der Waals surface area contributed by atoms with E-state index in [2.05, 4.69) is 41.9 Å². The molecule has 0 N–H and O–H groups in total. The SMILES string of the molecule is C=CCN1C(=O)/C(=C/C=C2/N(C)c3ccccc3C2(C)C)S/C1=N\S(=O)(=O)c1ccc(C)cc1. The van der Waals surface area contributed by atoms with Crippen molar-refractivity contribution in [2.45, 2.75) is 31.1 Å². The predicted octanol–water partition coefficient (Wildman–Crippen LogP) is 5.00. The van der Waals surface area contributed by atoms with Crippen LogP contribution in [0.2, 0.25) is 0 Å². The van der Waals surface area contributed by atoms with E-state index in [1.807, 2.05) is 32.2 Å². The third-order valence-electron chi connectivity index (χ3n) is 6.05. The van der Waals surface area contributed by atoms with E-state index in [4.69, 9.17) is 0 Å². The van der Waals surface area contributed by atoms with Gasteiger partial charge in [0.15, 0.2) is 5.17 Å². The van der Waals surface area contributed by atoms with Crippen molar-refractivity contribution in [3.8, 4) is 0 Å². The number of amidine groups is 1. The molecule has 0 spiro atoms. The average molecular weight is 494 g/mol. The van der Waals surface area contributed by atoms with Crippen molar-refractivity contribution in [3.05, 3.63) is 95.1 Å². The Labute approximate surface area is 205 Å². The Balaban J connectivity index is 1.70. The molecule has 8 heteroatoms. The zero-order valence-electron chi connectivity index (χ0n) is 19.6. The number of para-hydroxylation sites is 1. The summed E-state index contributed by atoms with van der Waals surface area (Å²) in [5.74, 6) is -0.296. The summed E-state index contributed by atoms with van der Waals surface area (Å²) in [4.78, 5) is 17.1. The quantitative estimate of drug-likeness (QED) is 0.433. The zero-order valence-corrected chi connectivity index (χ0v) is 21.3. The van der Waals surface area contributed by atoms with Gasteiger partial charge in [-0.15, -0.1) is 11.0 Å². The van der Waals surface area contributed by atoms with E-state index in [0.29, 0.717) is 4.91 Å². The Kier molecular flexibility index (Phi) is 6.31. The highest BCUT2D eigenvalue weighted by molar-refractivity contribution is 8.19. The van der Waals surface area contributed by atoms with Gasteiger partial charge in [0.05, 0.1) is 9.80 Å². The van der Waals surface area contributed by atoms with Gasteiger partial charge >= 0.3 is 0 Å². The first kappa shape index (κ1) is 24.0. The van der Waals surface area contributed by atoms with E-state index in [1.165, 1.54) is 22.6 Å². The van der Waals surface area contributed by atoms with Crippen molar-refractivity contribution in [2.24, 2.45) is 4.40 Å². The van der Waals surface area contributed by atoms with E-state index < -0.39 is 10.0 Å². The van der Waals surface area contributed by atoms with Crippen molar-refractivity contribution in [1.29, 1.82) is 0 Å². The lowest BCUT2D eigenvalue weighted by Crippen LogP contribution is -2.29. The van der Waals surface area contributed by atoms with Crippen LogP contribution in [0.3, 0.4) is 0 Å². The normalized spacial score (nSPS) is 21.1. The minimum Gasteiger partial charge on any atom is -0.347 e. The number of thioether (sulfide) groups is 1. The molecule has 0 aromatic heterocycles. The molecule has 2 aliphatic heterocycles. The number of likely N-dealkylation sites (N-methyl/N-ethyl adjacent to an activating group) is 1. The molecule has 0 aliphatic carbocycles. The van der Waals surface area contributed by atoms with Crippen molar-refractivity contribution in [2.75, 3.05) is 18.5 Å². The van der Waals surface area contributed by atoms with Gasteiger partial charge < -0.3 is 4.90 Å². The number of anilines is 1. The number of aryl methyl sites for hydroxylation is 1. The number of hydrogen-bond acceptors (Lipinski definition) is 5. The first-order valence-electron chi connectivity index (χ1n) is 10.8. The van der Waals surface area contributed by atoms with Crippen LogP contribution in [0.15, 0.2) is 93.2 Å². The average Bonchev–Trinajstić information content (AvgIpc) is 3.18. The van der Waals surface area contributed by atoms with Crippen LogP contribution in [0, 0.1) is 6.92 Å². The topological polar surface area (TPSA) is 70.1 Å². The van der Waals surface area contributed by atoms with E-state index in [0.717, 1.165) is 28.7 Å². The number of carbonyl (C=O) groups is 1. The number of carbonyl (C=O) groups excluding carboxylic acids is 1. The molecule has 0 atom stereocenters. The maximum Gasteiger partial charge on any atom is 0.284 e. The van der Waals surface area contributed by atoms with Gasteiger partial charge in [-0.1, -0.05) is 55.8 Å². The molecule has 4 rings (SSSR count). The number of rotatable bonds is 5. The van der Waals surface area contributed by atoms with Crippen LogP contribution in [0.1, 0.15) is 25.0 Å². The molecule has 0 radical (unpaired) electrons. The molecule has 0 saturated carbocycles.